The minimum Gasteiger partial charge on any atom is -0.481 e. The van der Waals surface area contributed by atoms with E-state index in [9.17, 15) is 9.90 Å². The molecule has 0 spiro atoms. The van der Waals surface area contributed by atoms with Crippen molar-refractivity contribution in [3.8, 4) is 11.6 Å². The number of anilines is 1. The van der Waals surface area contributed by atoms with Crippen LogP contribution in [-0.4, -0.2) is 62.6 Å². The first-order valence-corrected chi connectivity index (χ1v) is 10.7. The Morgan fingerprint density at radius 2 is 1.91 bits per heavy atom. The zero-order valence-corrected chi connectivity index (χ0v) is 18.4. The first-order chi connectivity index (χ1) is 15.5. The maximum atomic E-state index is 11.8. The number of nitrogens with zero attached hydrogens (tertiary/aromatic N) is 6. The molecule has 2 aromatic heterocycles. The smallest absolute Gasteiger partial charge is 0.407 e. The minimum atomic E-state index is -0.876. The minimum absolute atomic E-state index is 0.311. The Morgan fingerprint density at radius 1 is 1.16 bits per heavy atom. The predicted molar refractivity (Wildman–Crippen MR) is 120 cm³/mol. The van der Waals surface area contributed by atoms with E-state index in [2.05, 4.69) is 20.1 Å². The van der Waals surface area contributed by atoms with E-state index in [-0.39, 0.29) is 0 Å². The second-order valence-electron chi connectivity index (χ2n) is 8.02. The fourth-order valence-electron chi connectivity index (χ4n) is 4.13. The number of hydrogen-bond acceptors (Lipinski definition) is 6. The third-order valence-corrected chi connectivity index (χ3v) is 5.86. The number of benzene rings is 1. The number of carboxylic acid groups (broad SMARTS) is 1. The Morgan fingerprint density at radius 3 is 2.53 bits per heavy atom. The van der Waals surface area contributed by atoms with Gasteiger partial charge in [-0.15, -0.1) is 10.2 Å². The summed E-state index contributed by atoms with van der Waals surface area (Å²) in [6, 6.07) is 13.5. The maximum Gasteiger partial charge on any atom is 0.407 e. The Balaban J connectivity index is 1.41. The molecule has 1 saturated heterocycles. The van der Waals surface area contributed by atoms with E-state index in [1.54, 1.807) is 13.3 Å². The summed E-state index contributed by atoms with van der Waals surface area (Å²) in [6.45, 7) is 4.46. The number of hydrogen-bond donors (Lipinski definition) is 1. The molecular formula is C23H28N6O3. The van der Waals surface area contributed by atoms with Crippen LogP contribution in [-0.2, 0) is 6.54 Å². The summed E-state index contributed by atoms with van der Waals surface area (Å²) in [5, 5.41) is 18.4. The van der Waals surface area contributed by atoms with E-state index in [4.69, 9.17) is 4.74 Å². The van der Waals surface area contributed by atoms with Gasteiger partial charge in [-0.05, 0) is 37.3 Å². The molecule has 4 rings (SSSR count). The van der Waals surface area contributed by atoms with E-state index < -0.39 is 6.09 Å². The highest BCUT2D eigenvalue weighted by Gasteiger charge is 2.27. The lowest BCUT2D eigenvalue weighted by Gasteiger charge is -2.34. The molecule has 0 unspecified atom stereocenters. The highest BCUT2D eigenvalue weighted by Crippen LogP contribution is 2.26. The van der Waals surface area contributed by atoms with Crippen LogP contribution >= 0.6 is 0 Å². The number of rotatable bonds is 7. The molecule has 3 aromatic rings. The number of methoxy groups -OCH3 is 1. The van der Waals surface area contributed by atoms with E-state index in [0.717, 1.165) is 49.0 Å². The molecule has 9 heteroatoms. The van der Waals surface area contributed by atoms with Gasteiger partial charge in [-0.2, -0.15) is 0 Å². The molecular weight excluding hydrogens is 408 g/mol. The topological polar surface area (TPSA) is 96.6 Å². The number of carbonyl (C=O) groups is 1. The molecule has 1 aliphatic heterocycles. The Labute approximate surface area is 187 Å². The molecule has 168 valence electrons. The van der Waals surface area contributed by atoms with Crippen LogP contribution in [0.1, 0.15) is 24.2 Å². The standard InChI is InChI=1S/C23H28N6O3/c1-17-25-26-22(29(17)20-8-9-21(32-2)24-14-20)27-12-10-19(11-13-27)16-28(23(30)31)15-18-6-4-3-5-7-18/h3-9,14,19H,10-13,15-16H2,1-2H3,(H,30,31). The number of ether oxygens (including phenoxy) is 1. The highest BCUT2D eigenvalue weighted by atomic mass is 16.5. The van der Waals surface area contributed by atoms with E-state index in [1.165, 1.54) is 4.90 Å². The summed E-state index contributed by atoms with van der Waals surface area (Å²) in [5.74, 6) is 2.44. The second kappa shape index (κ2) is 9.67. The Hall–Kier alpha value is -3.62. The molecule has 1 N–H and O–H groups in total. The van der Waals surface area contributed by atoms with Crippen molar-refractivity contribution in [2.45, 2.75) is 26.3 Å². The average molecular weight is 437 g/mol. The lowest BCUT2D eigenvalue weighted by molar-refractivity contribution is 0.130. The molecule has 0 aliphatic carbocycles. The molecule has 1 fully saturated rings. The van der Waals surface area contributed by atoms with Crippen molar-refractivity contribution in [3.63, 3.8) is 0 Å². The van der Waals surface area contributed by atoms with Gasteiger partial charge in [0, 0.05) is 32.2 Å². The van der Waals surface area contributed by atoms with Crippen molar-refractivity contribution < 1.29 is 14.6 Å². The molecule has 1 amide bonds. The van der Waals surface area contributed by atoms with Gasteiger partial charge in [0.25, 0.3) is 0 Å². The van der Waals surface area contributed by atoms with Gasteiger partial charge in [-0.1, -0.05) is 30.3 Å². The number of pyridine rings is 1. The lowest BCUT2D eigenvalue weighted by Crippen LogP contribution is -2.41. The zero-order chi connectivity index (χ0) is 22.5. The molecule has 1 aromatic carbocycles. The number of aryl methyl sites for hydroxylation is 1. The summed E-state index contributed by atoms with van der Waals surface area (Å²) < 4.78 is 7.14. The van der Waals surface area contributed by atoms with Gasteiger partial charge in [-0.25, -0.2) is 9.78 Å². The summed E-state index contributed by atoms with van der Waals surface area (Å²) in [6.07, 6.45) is 2.66. The lowest BCUT2D eigenvalue weighted by atomic mass is 9.96. The Bertz CT molecular complexity index is 1030. The van der Waals surface area contributed by atoms with Crippen LogP contribution in [0.2, 0.25) is 0 Å². The van der Waals surface area contributed by atoms with Crippen molar-refractivity contribution in [2.24, 2.45) is 5.92 Å². The second-order valence-corrected chi connectivity index (χ2v) is 8.02. The summed E-state index contributed by atoms with van der Waals surface area (Å²) >= 11 is 0. The molecule has 3 heterocycles. The van der Waals surface area contributed by atoms with Crippen LogP contribution in [0.15, 0.2) is 48.7 Å². The van der Waals surface area contributed by atoms with Crippen LogP contribution in [0.5, 0.6) is 5.88 Å². The molecule has 1 aliphatic rings. The number of piperidine rings is 1. The normalized spacial score (nSPS) is 14.4. The monoisotopic (exact) mass is 436 g/mol. The van der Waals surface area contributed by atoms with Gasteiger partial charge in [0.05, 0.1) is 19.0 Å². The number of aromatic nitrogens is 4. The third-order valence-electron chi connectivity index (χ3n) is 5.86. The van der Waals surface area contributed by atoms with Crippen LogP contribution in [0.3, 0.4) is 0 Å². The SMILES string of the molecule is COc1ccc(-n2c(C)nnc2N2CCC(CN(Cc3ccccc3)C(=O)O)CC2)cn1. The summed E-state index contributed by atoms with van der Waals surface area (Å²) in [4.78, 5) is 19.8. The van der Waals surface area contributed by atoms with Gasteiger partial charge >= 0.3 is 6.09 Å². The summed E-state index contributed by atoms with van der Waals surface area (Å²) in [7, 11) is 1.59. The Kier molecular flexibility index (Phi) is 6.53. The first-order valence-electron chi connectivity index (χ1n) is 10.7. The largest absolute Gasteiger partial charge is 0.481 e. The van der Waals surface area contributed by atoms with Crippen LogP contribution in [0.25, 0.3) is 5.69 Å². The van der Waals surface area contributed by atoms with Crippen LogP contribution in [0, 0.1) is 12.8 Å². The number of amides is 1. The fraction of sp³-hybridized carbons (Fsp3) is 0.391. The molecule has 0 atom stereocenters. The van der Waals surface area contributed by atoms with Crippen molar-refractivity contribution in [3.05, 3.63) is 60.0 Å². The van der Waals surface area contributed by atoms with Gasteiger partial charge in [0.2, 0.25) is 11.8 Å². The van der Waals surface area contributed by atoms with Crippen LogP contribution < -0.4 is 9.64 Å². The molecule has 0 saturated carbocycles. The van der Waals surface area contributed by atoms with Crippen molar-refractivity contribution in [1.82, 2.24) is 24.6 Å². The van der Waals surface area contributed by atoms with Gasteiger partial charge in [0.15, 0.2) is 0 Å². The molecule has 0 bridgehead atoms. The van der Waals surface area contributed by atoms with Crippen molar-refractivity contribution in [1.29, 1.82) is 0 Å². The third kappa shape index (κ3) is 4.82. The summed E-state index contributed by atoms with van der Waals surface area (Å²) in [5.41, 5.74) is 1.88. The van der Waals surface area contributed by atoms with Gasteiger partial charge in [0.1, 0.15) is 5.82 Å². The maximum absolute atomic E-state index is 11.8. The van der Waals surface area contributed by atoms with Crippen LogP contribution in [0.4, 0.5) is 10.7 Å². The average Bonchev–Trinajstić information content (AvgIpc) is 3.21. The van der Waals surface area contributed by atoms with Gasteiger partial charge in [-0.3, -0.25) is 4.57 Å². The molecule has 9 nitrogen and oxygen atoms in total. The van der Waals surface area contributed by atoms with Crippen molar-refractivity contribution in [2.75, 3.05) is 31.6 Å². The molecule has 32 heavy (non-hydrogen) atoms. The fourth-order valence-corrected chi connectivity index (χ4v) is 4.13. The predicted octanol–water partition coefficient (Wildman–Crippen LogP) is 3.38. The quantitative estimate of drug-likeness (QED) is 0.606. The van der Waals surface area contributed by atoms with E-state index >= 15 is 0 Å². The van der Waals surface area contributed by atoms with E-state index in [1.807, 2.05) is 54.0 Å². The highest BCUT2D eigenvalue weighted by molar-refractivity contribution is 5.65. The molecule has 0 radical (unpaired) electrons. The van der Waals surface area contributed by atoms with Gasteiger partial charge < -0.3 is 19.6 Å². The van der Waals surface area contributed by atoms with E-state index in [0.29, 0.717) is 24.9 Å². The van der Waals surface area contributed by atoms with Crippen molar-refractivity contribution >= 4 is 12.0 Å². The zero-order valence-electron chi connectivity index (χ0n) is 18.4. The first kappa shape index (κ1) is 21.6.